The molecule has 0 amide bonds. The van der Waals surface area contributed by atoms with Crippen molar-refractivity contribution in [3.8, 4) is 0 Å². The van der Waals surface area contributed by atoms with Crippen LogP contribution in [-0.2, 0) is 0 Å². The van der Waals surface area contributed by atoms with Gasteiger partial charge in [0, 0.05) is 17.8 Å². The van der Waals surface area contributed by atoms with Crippen LogP contribution in [0.3, 0.4) is 0 Å². The molecule has 0 saturated carbocycles. The molecular weight excluding hydrogens is 250 g/mol. The highest BCUT2D eigenvalue weighted by molar-refractivity contribution is 6.06. The van der Waals surface area contributed by atoms with Crippen LogP contribution < -0.4 is 0 Å². The summed E-state index contributed by atoms with van der Waals surface area (Å²) in [5, 5.41) is 8.03. The van der Waals surface area contributed by atoms with E-state index in [4.69, 9.17) is 0 Å². The maximum Gasteiger partial charge on any atom is 0.187 e. The van der Waals surface area contributed by atoms with E-state index < -0.39 is 0 Å². The SMILES string of the molecule is Cc1ccc(C(=O)/C=C/n2nnc3ccccc32)cc1. The maximum absolute atomic E-state index is 12.0. The topological polar surface area (TPSA) is 47.8 Å². The summed E-state index contributed by atoms with van der Waals surface area (Å²) in [6.07, 6.45) is 3.14. The minimum atomic E-state index is -0.0513. The highest BCUT2D eigenvalue weighted by atomic mass is 16.1. The quantitative estimate of drug-likeness (QED) is 0.539. The van der Waals surface area contributed by atoms with Gasteiger partial charge >= 0.3 is 0 Å². The van der Waals surface area contributed by atoms with Gasteiger partial charge in [-0.05, 0) is 19.1 Å². The molecule has 0 N–H and O–H groups in total. The van der Waals surface area contributed by atoms with Gasteiger partial charge in [-0.1, -0.05) is 47.2 Å². The van der Waals surface area contributed by atoms with Gasteiger partial charge in [0.05, 0.1) is 5.52 Å². The molecule has 0 aliphatic rings. The van der Waals surface area contributed by atoms with Crippen molar-refractivity contribution >= 4 is 23.0 Å². The number of para-hydroxylation sites is 1. The zero-order valence-corrected chi connectivity index (χ0v) is 11.0. The van der Waals surface area contributed by atoms with Gasteiger partial charge in [0.1, 0.15) is 5.52 Å². The molecule has 0 unspecified atom stereocenters. The number of allylic oxidation sites excluding steroid dienone is 1. The predicted octanol–water partition coefficient (Wildman–Crippen LogP) is 3.09. The summed E-state index contributed by atoms with van der Waals surface area (Å²) in [5.41, 5.74) is 3.48. The molecule has 0 spiro atoms. The average Bonchev–Trinajstić information content (AvgIpc) is 2.89. The largest absolute Gasteiger partial charge is 0.289 e. The van der Waals surface area contributed by atoms with Gasteiger partial charge in [-0.3, -0.25) is 4.79 Å². The third-order valence-corrected chi connectivity index (χ3v) is 3.08. The Balaban J connectivity index is 1.87. The van der Waals surface area contributed by atoms with Crippen molar-refractivity contribution in [3.05, 3.63) is 65.7 Å². The van der Waals surface area contributed by atoms with Gasteiger partial charge in [0.2, 0.25) is 0 Å². The fourth-order valence-electron chi connectivity index (χ4n) is 1.95. The second-order valence-electron chi connectivity index (χ2n) is 4.57. The van der Waals surface area contributed by atoms with E-state index in [1.54, 1.807) is 10.9 Å². The Bertz CT molecular complexity index is 785. The second kappa shape index (κ2) is 5.09. The molecule has 3 aromatic rings. The number of carbonyl (C=O) groups is 1. The summed E-state index contributed by atoms with van der Waals surface area (Å²) in [7, 11) is 0. The first-order valence-corrected chi connectivity index (χ1v) is 6.33. The highest BCUT2D eigenvalue weighted by Crippen LogP contribution is 2.10. The molecule has 0 bridgehead atoms. The number of fused-ring (bicyclic) bond motifs is 1. The van der Waals surface area contributed by atoms with Crippen LogP contribution in [0.4, 0.5) is 0 Å². The van der Waals surface area contributed by atoms with Crippen LogP contribution in [0, 0.1) is 6.92 Å². The van der Waals surface area contributed by atoms with Gasteiger partial charge in [-0.2, -0.15) is 0 Å². The van der Waals surface area contributed by atoms with Crippen molar-refractivity contribution in [2.75, 3.05) is 0 Å². The van der Waals surface area contributed by atoms with E-state index in [0.717, 1.165) is 16.6 Å². The second-order valence-corrected chi connectivity index (χ2v) is 4.57. The molecule has 0 saturated heterocycles. The molecule has 4 heteroatoms. The number of ketones is 1. The van der Waals surface area contributed by atoms with Crippen LogP contribution >= 0.6 is 0 Å². The van der Waals surface area contributed by atoms with Crippen molar-refractivity contribution in [2.45, 2.75) is 6.92 Å². The molecule has 0 fully saturated rings. The Morgan fingerprint density at radius 1 is 1.10 bits per heavy atom. The Morgan fingerprint density at radius 3 is 2.65 bits per heavy atom. The fourth-order valence-corrected chi connectivity index (χ4v) is 1.95. The van der Waals surface area contributed by atoms with Crippen molar-refractivity contribution in [1.82, 2.24) is 15.0 Å². The summed E-state index contributed by atoms with van der Waals surface area (Å²) in [6.45, 7) is 1.99. The molecule has 4 nitrogen and oxygen atoms in total. The Hall–Kier alpha value is -2.75. The summed E-state index contributed by atoms with van der Waals surface area (Å²) < 4.78 is 1.60. The fraction of sp³-hybridized carbons (Fsp3) is 0.0625. The molecule has 0 aliphatic heterocycles. The summed E-state index contributed by atoms with van der Waals surface area (Å²) in [5.74, 6) is -0.0513. The molecule has 0 radical (unpaired) electrons. The number of aromatic nitrogens is 3. The number of benzene rings is 2. The molecule has 0 aliphatic carbocycles. The van der Waals surface area contributed by atoms with E-state index in [1.165, 1.54) is 6.08 Å². The first-order valence-electron chi connectivity index (χ1n) is 6.33. The van der Waals surface area contributed by atoms with Gasteiger partial charge in [-0.15, -0.1) is 5.10 Å². The van der Waals surface area contributed by atoms with Crippen molar-refractivity contribution < 1.29 is 4.79 Å². The molecule has 3 rings (SSSR count). The normalized spacial score (nSPS) is 11.2. The lowest BCUT2D eigenvalue weighted by Gasteiger charge is -1.97. The summed E-state index contributed by atoms with van der Waals surface area (Å²) in [6, 6.07) is 15.1. The van der Waals surface area contributed by atoms with E-state index in [0.29, 0.717) is 5.56 Å². The standard InChI is InChI=1S/C16H13N3O/c1-12-6-8-13(9-7-12)16(20)10-11-19-15-5-3-2-4-14(15)17-18-19/h2-11H,1H3/b11-10+. The minimum absolute atomic E-state index is 0.0513. The van der Waals surface area contributed by atoms with Gasteiger partial charge < -0.3 is 0 Å². The molecule has 0 atom stereocenters. The van der Waals surface area contributed by atoms with E-state index in [2.05, 4.69) is 10.3 Å². The lowest BCUT2D eigenvalue weighted by molar-refractivity contribution is 0.104. The minimum Gasteiger partial charge on any atom is -0.289 e. The molecule has 1 aromatic heterocycles. The molecule has 2 aromatic carbocycles. The molecule has 1 heterocycles. The molecule has 20 heavy (non-hydrogen) atoms. The van der Waals surface area contributed by atoms with Gasteiger partial charge in [0.15, 0.2) is 5.78 Å². The first kappa shape index (κ1) is 12.3. The lowest BCUT2D eigenvalue weighted by Crippen LogP contribution is -1.96. The zero-order chi connectivity index (χ0) is 13.9. The van der Waals surface area contributed by atoms with E-state index in [-0.39, 0.29) is 5.78 Å². The number of rotatable bonds is 3. The summed E-state index contributed by atoms with van der Waals surface area (Å²) >= 11 is 0. The van der Waals surface area contributed by atoms with Crippen molar-refractivity contribution in [2.24, 2.45) is 0 Å². The van der Waals surface area contributed by atoms with E-state index in [1.807, 2.05) is 55.5 Å². The number of carbonyl (C=O) groups excluding carboxylic acids is 1. The van der Waals surface area contributed by atoms with Crippen LogP contribution in [0.25, 0.3) is 17.2 Å². The smallest absolute Gasteiger partial charge is 0.187 e. The number of aryl methyl sites for hydroxylation is 1. The number of nitrogens with zero attached hydrogens (tertiary/aromatic N) is 3. The monoisotopic (exact) mass is 263 g/mol. The number of hydrogen-bond donors (Lipinski definition) is 0. The maximum atomic E-state index is 12.0. The third-order valence-electron chi connectivity index (χ3n) is 3.08. The highest BCUT2D eigenvalue weighted by Gasteiger charge is 2.03. The Kier molecular flexibility index (Phi) is 3.13. The van der Waals surface area contributed by atoms with Crippen LogP contribution in [-0.4, -0.2) is 20.8 Å². The molecule has 98 valence electrons. The molecular formula is C16H13N3O. The van der Waals surface area contributed by atoms with Crippen LogP contribution in [0.2, 0.25) is 0 Å². The Labute approximate surface area is 116 Å². The first-order chi connectivity index (χ1) is 9.74. The van der Waals surface area contributed by atoms with Crippen LogP contribution in [0.5, 0.6) is 0 Å². The van der Waals surface area contributed by atoms with E-state index in [9.17, 15) is 4.79 Å². The van der Waals surface area contributed by atoms with Crippen LogP contribution in [0.15, 0.2) is 54.6 Å². The average molecular weight is 263 g/mol. The predicted molar refractivity (Wildman–Crippen MR) is 78.4 cm³/mol. The summed E-state index contributed by atoms with van der Waals surface area (Å²) in [4.78, 5) is 12.0. The van der Waals surface area contributed by atoms with Crippen molar-refractivity contribution in [3.63, 3.8) is 0 Å². The van der Waals surface area contributed by atoms with Gasteiger partial charge in [0.25, 0.3) is 0 Å². The number of hydrogen-bond acceptors (Lipinski definition) is 3. The van der Waals surface area contributed by atoms with Crippen LogP contribution in [0.1, 0.15) is 15.9 Å². The van der Waals surface area contributed by atoms with Gasteiger partial charge in [-0.25, -0.2) is 4.68 Å². The van der Waals surface area contributed by atoms with E-state index >= 15 is 0 Å². The van der Waals surface area contributed by atoms with Crippen molar-refractivity contribution in [1.29, 1.82) is 0 Å². The Morgan fingerprint density at radius 2 is 1.85 bits per heavy atom. The lowest BCUT2D eigenvalue weighted by atomic mass is 10.1. The third kappa shape index (κ3) is 2.36. The zero-order valence-electron chi connectivity index (χ0n) is 11.0.